The van der Waals surface area contributed by atoms with Gasteiger partial charge in [0.05, 0.1) is 6.61 Å². The van der Waals surface area contributed by atoms with Gasteiger partial charge in [0.1, 0.15) is 11.2 Å². The van der Waals surface area contributed by atoms with E-state index in [4.69, 9.17) is 4.42 Å². The van der Waals surface area contributed by atoms with E-state index in [1.165, 1.54) is 0 Å². The first-order valence-electron chi connectivity index (χ1n) is 5.03. The van der Waals surface area contributed by atoms with Crippen molar-refractivity contribution in [3.63, 3.8) is 0 Å². The van der Waals surface area contributed by atoms with Crippen LogP contribution in [0.2, 0.25) is 0 Å². The van der Waals surface area contributed by atoms with Crippen LogP contribution in [0.1, 0.15) is 5.56 Å². The zero-order chi connectivity index (χ0) is 11.1. The first kappa shape index (κ1) is 9.75. The summed E-state index contributed by atoms with van der Waals surface area (Å²) in [6, 6.07) is 11.6. The molecule has 80 valence electrons. The third kappa shape index (κ3) is 1.32. The molecule has 16 heavy (non-hydrogen) atoms. The molecule has 0 spiro atoms. The van der Waals surface area contributed by atoms with Crippen LogP contribution in [0.4, 0.5) is 0 Å². The lowest BCUT2D eigenvalue weighted by Crippen LogP contribution is -1.81. The van der Waals surface area contributed by atoms with Crippen LogP contribution < -0.4 is 0 Å². The maximum Gasteiger partial charge on any atom is 0.140 e. The van der Waals surface area contributed by atoms with Crippen molar-refractivity contribution >= 4 is 34.6 Å². The lowest BCUT2D eigenvalue weighted by Gasteiger charge is -1.95. The van der Waals surface area contributed by atoms with Crippen LogP contribution >= 0.6 is 12.6 Å². The summed E-state index contributed by atoms with van der Waals surface area (Å²) >= 11 is 4.28. The Morgan fingerprint density at radius 1 is 1.12 bits per heavy atom. The second-order valence-corrected chi connectivity index (χ2v) is 4.25. The predicted molar refractivity (Wildman–Crippen MR) is 66.9 cm³/mol. The van der Waals surface area contributed by atoms with Gasteiger partial charge < -0.3 is 9.52 Å². The first-order valence-corrected chi connectivity index (χ1v) is 5.48. The van der Waals surface area contributed by atoms with E-state index in [0.717, 1.165) is 32.4 Å². The topological polar surface area (TPSA) is 33.4 Å². The lowest BCUT2D eigenvalue weighted by atomic mass is 10.1. The summed E-state index contributed by atoms with van der Waals surface area (Å²) in [7, 11) is 0. The number of thiol groups is 1. The lowest BCUT2D eigenvalue weighted by molar-refractivity contribution is 0.282. The Morgan fingerprint density at radius 2 is 2.00 bits per heavy atom. The van der Waals surface area contributed by atoms with Crippen LogP contribution in [0.3, 0.4) is 0 Å². The fraction of sp³-hybridized carbons (Fsp3) is 0.0769. The van der Waals surface area contributed by atoms with E-state index in [1.807, 2.05) is 36.4 Å². The van der Waals surface area contributed by atoms with Gasteiger partial charge in [-0.3, -0.25) is 0 Å². The smallest absolute Gasteiger partial charge is 0.140 e. The Balaban J connectivity index is 2.49. The van der Waals surface area contributed by atoms with E-state index in [9.17, 15) is 5.11 Å². The van der Waals surface area contributed by atoms with E-state index < -0.39 is 0 Å². The van der Waals surface area contributed by atoms with E-state index >= 15 is 0 Å². The maximum absolute atomic E-state index is 9.24. The SMILES string of the molecule is OCc1cccc2c1oc1cc(S)ccc12. The minimum atomic E-state index is -0.00903. The molecule has 3 heteroatoms. The van der Waals surface area contributed by atoms with Crippen molar-refractivity contribution in [2.45, 2.75) is 11.5 Å². The van der Waals surface area contributed by atoms with Crippen LogP contribution in [-0.2, 0) is 6.61 Å². The molecule has 3 rings (SSSR count). The van der Waals surface area contributed by atoms with Gasteiger partial charge in [-0.2, -0.15) is 0 Å². The monoisotopic (exact) mass is 230 g/mol. The summed E-state index contributed by atoms with van der Waals surface area (Å²) in [5.41, 5.74) is 2.39. The Kier molecular flexibility index (Phi) is 2.16. The number of aliphatic hydroxyl groups is 1. The quantitative estimate of drug-likeness (QED) is 0.628. The molecule has 2 nitrogen and oxygen atoms in total. The fourth-order valence-electron chi connectivity index (χ4n) is 1.97. The Hall–Kier alpha value is -1.45. The minimum absolute atomic E-state index is 0.00903. The number of hydrogen-bond acceptors (Lipinski definition) is 3. The number of fused-ring (bicyclic) bond motifs is 3. The van der Waals surface area contributed by atoms with E-state index in [0.29, 0.717) is 0 Å². The zero-order valence-corrected chi connectivity index (χ0v) is 9.37. The zero-order valence-electron chi connectivity index (χ0n) is 8.47. The van der Waals surface area contributed by atoms with Crippen LogP contribution in [-0.4, -0.2) is 5.11 Å². The third-order valence-corrected chi connectivity index (χ3v) is 3.01. The molecule has 0 saturated carbocycles. The molecular formula is C13H10O2S. The largest absolute Gasteiger partial charge is 0.456 e. The maximum atomic E-state index is 9.24. The van der Waals surface area contributed by atoms with Crippen molar-refractivity contribution in [2.24, 2.45) is 0 Å². The average molecular weight is 230 g/mol. The highest BCUT2D eigenvalue weighted by molar-refractivity contribution is 7.80. The third-order valence-electron chi connectivity index (χ3n) is 2.73. The average Bonchev–Trinajstić information content (AvgIpc) is 2.65. The summed E-state index contributed by atoms with van der Waals surface area (Å²) in [5, 5.41) is 11.3. The molecule has 0 fully saturated rings. The number of benzene rings is 2. The number of rotatable bonds is 1. The van der Waals surface area contributed by atoms with Gasteiger partial charge in [0.15, 0.2) is 0 Å². The molecule has 0 radical (unpaired) electrons. The van der Waals surface area contributed by atoms with Crippen molar-refractivity contribution in [3.8, 4) is 0 Å². The highest BCUT2D eigenvalue weighted by atomic mass is 32.1. The molecule has 1 N–H and O–H groups in total. The summed E-state index contributed by atoms with van der Waals surface area (Å²) < 4.78 is 5.75. The van der Waals surface area contributed by atoms with E-state index in [2.05, 4.69) is 12.6 Å². The standard InChI is InChI=1S/C13H10O2S/c14-7-8-2-1-3-11-10-5-4-9(16)6-12(10)15-13(8)11/h1-6,14,16H,7H2. The number of para-hydroxylation sites is 1. The van der Waals surface area contributed by atoms with E-state index in [1.54, 1.807) is 0 Å². The first-order chi connectivity index (χ1) is 7.79. The van der Waals surface area contributed by atoms with Crippen LogP contribution in [0.15, 0.2) is 45.7 Å². The number of aliphatic hydroxyl groups excluding tert-OH is 1. The molecule has 0 unspecified atom stereocenters. The molecular weight excluding hydrogens is 220 g/mol. The molecule has 0 atom stereocenters. The minimum Gasteiger partial charge on any atom is -0.456 e. The van der Waals surface area contributed by atoms with E-state index in [-0.39, 0.29) is 6.61 Å². The van der Waals surface area contributed by atoms with Gasteiger partial charge in [0.25, 0.3) is 0 Å². The molecule has 3 aromatic rings. The molecule has 1 heterocycles. The Bertz CT molecular complexity index is 670. The highest BCUT2D eigenvalue weighted by Crippen LogP contribution is 2.31. The normalized spacial score (nSPS) is 11.4. The van der Waals surface area contributed by atoms with Gasteiger partial charge >= 0.3 is 0 Å². The number of furan rings is 1. The molecule has 0 saturated heterocycles. The number of hydrogen-bond donors (Lipinski definition) is 2. The van der Waals surface area contributed by atoms with Gasteiger partial charge in [-0.05, 0) is 18.2 Å². The molecule has 2 aromatic carbocycles. The second-order valence-electron chi connectivity index (χ2n) is 3.73. The van der Waals surface area contributed by atoms with Gasteiger partial charge in [0, 0.05) is 21.2 Å². The summed E-state index contributed by atoms with van der Waals surface area (Å²) in [6.07, 6.45) is 0. The van der Waals surface area contributed by atoms with Crippen molar-refractivity contribution in [2.75, 3.05) is 0 Å². The molecule has 0 aliphatic rings. The van der Waals surface area contributed by atoms with Crippen LogP contribution in [0.5, 0.6) is 0 Å². The predicted octanol–water partition coefficient (Wildman–Crippen LogP) is 3.37. The van der Waals surface area contributed by atoms with Crippen molar-refractivity contribution in [1.82, 2.24) is 0 Å². The van der Waals surface area contributed by atoms with Crippen molar-refractivity contribution < 1.29 is 9.52 Å². The molecule has 0 amide bonds. The Labute approximate surface area is 97.9 Å². The van der Waals surface area contributed by atoms with Gasteiger partial charge in [-0.15, -0.1) is 12.6 Å². The fourth-order valence-corrected chi connectivity index (χ4v) is 2.16. The molecule has 0 bridgehead atoms. The molecule has 0 aliphatic carbocycles. The van der Waals surface area contributed by atoms with Gasteiger partial charge in [0.2, 0.25) is 0 Å². The highest BCUT2D eigenvalue weighted by Gasteiger charge is 2.09. The summed E-state index contributed by atoms with van der Waals surface area (Å²) in [5.74, 6) is 0. The Morgan fingerprint density at radius 3 is 2.81 bits per heavy atom. The summed E-state index contributed by atoms with van der Waals surface area (Å²) in [4.78, 5) is 0.872. The van der Waals surface area contributed by atoms with Crippen LogP contribution in [0.25, 0.3) is 21.9 Å². The summed E-state index contributed by atoms with van der Waals surface area (Å²) in [6.45, 7) is -0.00903. The van der Waals surface area contributed by atoms with Crippen LogP contribution in [0, 0.1) is 0 Å². The van der Waals surface area contributed by atoms with Crippen molar-refractivity contribution in [3.05, 3.63) is 42.0 Å². The van der Waals surface area contributed by atoms with Gasteiger partial charge in [-0.1, -0.05) is 18.2 Å². The second kappa shape index (κ2) is 3.54. The van der Waals surface area contributed by atoms with Crippen molar-refractivity contribution in [1.29, 1.82) is 0 Å². The molecule has 1 aromatic heterocycles. The van der Waals surface area contributed by atoms with Gasteiger partial charge in [-0.25, -0.2) is 0 Å². The molecule has 0 aliphatic heterocycles.